The zero-order valence-electron chi connectivity index (χ0n) is 12.4. The number of aromatic nitrogens is 1. The van der Waals surface area contributed by atoms with E-state index in [-0.39, 0.29) is 6.09 Å². The van der Waals surface area contributed by atoms with Crippen molar-refractivity contribution >= 4 is 11.8 Å². The van der Waals surface area contributed by atoms with Crippen LogP contribution in [0.5, 0.6) is 0 Å². The fourth-order valence-electron chi connectivity index (χ4n) is 2.50. The highest BCUT2D eigenvalue weighted by atomic mass is 16.6. The molecule has 1 aliphatic rings. The van der Waals surface area contributed by atoms with Crippen molar-refractivity contribution in [1.29, 1.82) is 0 Å². The third kappa shape index (κ3) is 3.55. The van der Waals surface area contributed by atoms with Crippen molar-refractivity contribution in [3.05, 3.63) is 60.4 Å². The van der Waals surface area contributed by atoms with Crippen LogP contribution >= 0.6 is 0 Å². The average molecular weight is 297 g/mol. The maximum atomic E-state index is 12.1. The lowest BCUT2D eigenvalue weighted by Crippen LogP contribution is -2.48. The maximum Gasteiger partial charge on any atom is 0.410 e. The molecule has 1 fully saturated rings. The van der Waals surface area contributed by atoms with Crippen LogP contribution in [0.3, 0.4) is 0 Å². The number of anilines is 1. The molecule has 22 heavy (non-hydrogen) atoms. The molecule has 0 N–H and O–H groups in total. The van der Waals surface area contributed by atoms with E-state index in [1.807, 2.05) is 30.3 Å². The summed E-state index contributed by atoms with van der Waals surface area (Å²) in [6, 6.07) is 14.0. The van der Waals surface area contributed by atoms with Gasteiger partial charge in [-0.2, -0.15) is 0 Å². The maximum absolute atomic E-state index is 12.1. The van der Waals surface area contributed by atoms with Gasteiger partial charge in [0.1, 0.15) is 6.61 Å². The normalized spacial score (nSPS) is 14.7. The number of pyridine rings is 1. The van der Waals surface area contributed by atoms with E-state index in [0.717, 1.165) is 18.7 Å². The average Bonchev–Trinajstić information content (AvgIpc) is 2.61. The summed E-state index contributed by atoms with van der Waals surface area (Å²) in [5.41, 5.74) is 2.15. The Hall–Kier alpha value is -2.56. The number of piperazine rings is 1. The smallest absolute Gasteiger partial charge is 0.410 e. The highest BCUT2D eigenvalue weighted by molar-refractivity contribution is 5.68. The third-order valence-corrected chi connectivity index (χ3v) is 3.77. The summed E-state index contributed by atoms with van der Waals surface area (Å²) in [5, 5.41) is 0. The Morgan fingerprint density at radius 3 is 2.36 bits per heavy atom. The number of benzene rings is 1. The number of rotatable bonds is 3. The van der Waals surface area contributed by atoms with Crippen LogP contribution in [-0.2, 0) is 11.3 Å². The number of carbonyl (C=O) groups excluding carboxylic acids is 1. The molecule has 3 rings (SSSR count). The van der Waals surface area contributed by atoms with Gasteiger partial charge in [0.15, 0.2) is 0 Å². The summed E-state index contributed by atoms with van der Waals surface area (Å²) in [4.78, 5) is 20.1. The minimum Gasteiger partial charge on any atom is -0.445 e. The Kier molecular flexibility index (Phi) is 4.53. The highest BCUT2D eigenvalue weighted by Crippen LogP contribution is 2.16. The molecule has 5 heteroatoms. The molecule has 0 spiro atoms. The minimum absolute atomic E-state index is 0.246. The summed E-state index contributed by atoms with van der Waals surface area (Å²) >= 11 is 0. The number of hydrogen-bond donors (Lipinski definition) is 0. The topological polar surface area (TPSA) is 45.7 Å². The molecule has 0 atom stereocenters. The fourth-order valence-corrected chi connectivity index (χ4v) is 2.50. The molecule has 0 unspecified atom stereocenters. The van der Waals surface area contributed by atoms with Gasteiger partial charge in [0.25, 0.3) is 0 Å². The van der Waals surface area contributed by atoms with Gasteiger partial charge in [-0.15, -0.1) is 0 Å². The Bertz CT molecular complexity index is 596. The molecular formula is C17H19N3O2. The summed E-state index contributed by atoms with van der Waals surface area (Å²) in [6.07, 6.45) is 3.15. The molecule has 1 aromatic carbocycles. The van der Waals surface area contributed by atoms with Gasteiger partial charge < -0.3 is 14.5 Å². The first-order valence-electron chi connectivity index (χ1n) is 7.43. The van der Waals surface area contributed by atoms with E-state index >= 15 is 0 Å². The molecule has 0 aliphatic carbocycles. The van der Waals surface area contributed by atoms with Crippen LogP contribution in [0.15, 0.2) is 54.9 Å². The minimum atomic E-state index is -0.246. The second-order valence-electron chi connectivity index (χ2n) is 5.22. The Balaban J connectivity index is 1.48. The molecule has 0 radical (unpaired) electrons. The van der Waals surface area contributed by atoms with Crippen LogP contribution in [0.2, 0.25) is 0 Å². The molecule has 1 saturated heterocycles. The van der Waals surface area contributed by atoms with E-state index in [9.17, 15) is 4.79 Å². The van der Waals surface area contributed by atoms with E-state index in [0.29, 0.717) is 19.7 Å². The van der Waals surface area contributed by atoms with Gasteiger partial charge in [-0.1, -0.05) is 18.2 Å². The first-order chi connectivity index (χ1) is 10.8. The van der Waals surface area contributed by atoms with Gasteiger partial charge in [-0.25, -0.2) is 4.79 Å². The predicted molar refractivity (Wildman–Crippen MR) is 84.7 cm³/mol. The molecule has 114 valence electrons. The van der Waals surface area contributed by atoms with Crippen molar-refractivity contribution in [2.24, 2.45) is 0 Å². The van der Waals surface area contributed by atoms with Crippen molar-refractivity contribution in [2.45, 2.75) is 6.61 Å². The van der Waals surface area contributed by atoms with Crippen molar-refractivity contribution in [1.82, 2.24) is 9.88 Å². The van der Waals surface area contributed by atoms with Gasteiger partial charge in [-0.3, -0.25) is 4.98 Å². The largest absolute Gasteiger partial charge is 0.445 e. The van der Waals surface area contributed by atoms with E-state index in [1.165, 1.54) is 5.69 Å². The lowest BCUT2D eigenvalue weighted by atomic mass is 10.2. The van der Waals surface area contributed by atoms with Gasteiger partial charge in [0.2, 0.25) is 0 Å². The summed E-state index contributed by atoms with van der Waals surface area (Å²) < 4.78 is 5.35. The molecule has 0 bridgehead atoms. The number of hydrogen-bond acceptors (Lipinski definition) is 4. The highest BCUT2D eigenvalue weighted by Gasteiger charge is 2.22. The van der Waals surface area contributed by atoms with Gasteiger partial charge >= 0.3 is 6.09 Å². The van der Waals surface area contributed by atoms with Crippen LogP contribution in [0.1, 0.15) is 5.56 Å². The SMILES string of the molecule is O=C(OCc1ccncc1)N1CCN(c2ccccc2)CC1. The predicted octanol–water partition coefficient (Wildman–Crippen LogP) is 2.54. The van der Waals surface area contributed by atoms with Gasteiger partial charge in [0, 0.05) is 44.3 Å². The number of carbonyl (C=O) groups is 1. The second-order valence-corrected chi connectivity index (χ2v) is 5.22. The molecule has 2 heterocycles. The van der Waals surface area contributed by atoms with Crippen LogP contribution in [0.4, 0.5) is 10.5 Å². The lowest BCUT2D eigenvalue weighted by Gasteiger charge is -2.35. The molecular weight excluding hydrogens is 278 g/mol. The summed E-state index contributed by atoms with van der Waals surface area (Å²) in [7, 11) is 0. The van der Waals surface area contributed by atoms with Crippen molar-refractivity contribution in [3.63, 3.8) is 0 Å². The number of amides is 1. The number of ether oxygens (including phenoxy) is 1. The standard InChI is InChI=1S/C17H19N3O2/c21-17(22-14-15-6-8-18-9-7-15)20-12-10-19(11-13-20)16-4-2-1-3-5-16/h1-9H,10-14H2. The van der Waals surface area contributed by atoms with Crippen molar-refractivity contribution in [2.75, 3.05) is 31.1 Å². The van der Waals surface area contributed by atoms with Gasteiger partial charge in [-0.05, 0) is 29.8 Å². The van der Waals surface area contributed by atoms with E-state index in [1.54, 1.807) is 17.3 Å². The van der Waals surface area contributed by atoms with Crippen LogP contribution in [0.25, 0.3) is 0 Å². The monoisotopic (exact) mass is 297 g/mol. The van der Waals surface area contributed by atoms with Crippen molar-refractivity contribution < 1.29 is 9.53 Å². The van der Waals surface area contributed by atoms with Crippen LogP contribution in [-0.4, -0.2) is 42.2 Å². The zero-order valence-corrected chi connectivity index (χ0v) is 12.4. The first-order valence-corrected chi connectivity index (χ1v) is 7.43. The summed E-state index contributed by atoms with van der Waals surface area (Å²) in [5.74, 6) is 0. The molecule has 1 amide bonds. The summed E-state index contributed by atoms with van der Waals surface area (Å²) in [6.45, 7) is 3.32. The van der Waals surface area contributed by atoms with E-state index in [4.69, 9.17) is 4.74 Å². The van der Waals surface area contributed by atoms with Crippen LogP contribution < -0.4 is 4.90 Å². The van der Waals surface area contributed by atoms with Crippen molar-refractivity contribution in [3.8, 4) is 0 Å². The first kappa shape index (κ1) is 14.4. The second kappa shape index (κ2) is 6.93. The third-order valence-electron chi connectivity index (χ3n) is 3.77. The van der Waals surface area contributed by atoms with Crippen LogP contribution in [0, 0.1) is 0 Å². The molecule has 5 nitrogen and oxygen atoms in total. The quantitative estimate of drug-likeness (QED) is 0.873. The molecule has 0 saturated carbocycles. The Morgan fingerprint density at radius 2 is 1.68 bits per heavy atom. The Labute approximate surface area is 130 Å². The lowest BCUT2D eigenvalue weighted by molar-refractivity contribution is 0.0942. The Morgan fingerprint density at radius 1 is 1.00 bits per heavy atom. The van der Waals surface area contributed by atoms with E-state index in [2.05, 4.69) is 22.0 Å². The van der Waals surface area contributed by atoms with E-state index < -0.39 is 0 Å². The number of nitrogens with zero attached hydrogens (tertiary/aromatic N) is 3. The molecule has 2 aromatic rings. The molecule has 1 aromatic heterocycles. The molecule has 1 aliphatic heterocycles. The fraction of sp³-hybridized carbons (Fsp3) is 0.294. The number of para-hydroxylation sites is 1. The van der Waals surface area contributed by atoms with Gasteiger partial charge in [0.05, 0.1) is 0 Å². The zero-order chi connectivity index (χ0) is 15.2.